The third-order valence-corrected chi connectivity index (χ3v) is 3.07. The van der Waals surface area contributed by atoms with Crippen LogP contribution in [0.2, 0.25) is 0 Å². The van der Waals surface area contributed by atoms with Crippen molar-refractivity contribution in [2.75, 3.05) is 6.54 Å². The Bertz CT molecular complexity index is 503. The van der Waals surface area contributed by atoms with Crippen LogP contribution in [0.1, 0.15) is 32.0 Å². The molecule has 0 radical (unpaired) electrons. The fourth-order valence-corrected chi connectivity index (χ4v) is 1.86. The monoisotopic (exact) mass is 243 g/mol. The third-order valence-electron chi connectivity index (χ3n) is 3.07. The molecule has 0 bridgehead atoms. The van der Waals surface area contributed by atoms with E-state index in [0.717, 1.165) is 23.4 Å². The Hall–Kier alpha value is -1.61. The maximum absolute atomic E-state index is 5.54. The quantitative estimate of drug-likeness (QED) is 0.871. The standard InChI is InChI=1S/C15H21N3/c1-15(2,3)14-10-13(17-18-14)12-6-4-11(5-7-12)8-9-16/h4-7,10H,8-9,16H2,1-3H3,(H,17,18). The van der Waals surface area contributed by atoms with Gasteiger partial charge in [-0.2, -0.15) is 5.10 Å². The van der Waals surface area contributed by atoms with Crippen molar-refractivity contribution in [2.24, 2.45) is 5.73 Å². The van der Waals surface area contributed by atoms with Crippen LogP contribution < -0.4 is 5.73 Å². The number of nitrogens with two attached hydrogens (primary N) is 1. The molecule has 0 saturated carbocycles. The lowest BCUT2D eigenvalue weighted by atomic mass is 9.92. The molecule has 0 aliphatic carbocycles. The van der Waals surface area contributed by atoms with E-state index >= 15 is 0 Å². The second kappa shape index (κ2) is 4.94. The van der Waals surface area contributed by atoms with Crippen molar-refractivity contribution in [1.29, 1.82) is 0 Å². The molecule has 0 amide bonds. The Morgan fingerprint density at radius 1 is 1.17 bits per heavy atom. The SMILES string of the molecule is CC(C)(C)c1cc(-c2ccc(CCN)cc2)n[nH]1. The van der Waals surface area contributed by atoms with Gasteiger partial charge in [-0.15, -0.1) is 0 Å². The van der Waals surface area contributed by atoms with E-state index in [0.29, 0.717) is 6.54 Å². The molecule has 0 unspecified atom stereocenters. The number of rotatable bonds is 3. The zero-order chi connectivity index (χ0) is 13.2. The molecular formula is C15H21N3. The van der Waals surface area contributed by atoms with Crippen LogP contribution in [0.3, 0.4) is 0 Å². The molecule has 0 saturated heterocycles. The van der Waals surface area contributed by atoms with Crippen molar-refractivity contribution in [1.82, 2.24) is 10.2 Å². The number of aromatic amines is 1. The van der Waals surface area contributed by atoms with Gasteiger partial charge in [-0.05, 0) is 24.6 Å². The molecule has 1 aromatic carbocycles. The van der Waals surface area contributed by atoms with Gasteiger partial charge in [0.25, 0.3) is 0 Å². The molecule has 3 heteroatoms. The Labute approximate surface area is 108 Å². The molecule has 0 atom stereocenters. The zero-order valence-corrected chi connectivity index (χ0v) is 11.3. The van der Waals surface area contributed by atoms with Crippen LogP contribution in [0, 0.1) is 0 Å². The minimum atomic E-state index is 0.102. The molecule has 1 heterocycles. The fourth-order valence-electron chi connectivity index (χ4n) is 1.86. The van der Waals surface area contributed by atoms with Gasteiger partial charge in [0.2, 0.25) is 0 Å². The van der Waals surface area contributed by atoms with E-state index in [1.54, 1.807) is 0 Å². The van der Waals surface area contributed by atoms with Crippen molar-refractivity contribution in [3.63, 3.8) is 0 Å². The summed E-state index contributed by atoms with van der Waals surface area (Å²) in [4.78, 5) is 0. The highest BCUT2D eigenvalue weighted by molar-refractivity contribution is 5.60. The van der Waals surface area contributed by atoms with Gasteiger partial charge in [-0.3, -0.25) is 5.10 Å². The van der Waals surface area contributed by atoms with Gasteiger partial charge in [-0.25, -0.2) is 0 Å². The van der Waals surface area contributed by atoms with Crippen molar-refractivity contribution < 1.29 is 0 Å². The Morgan fingerprint density at radius 3 is 2.33 bits per heavy atom. The molecule has 3 nitrogen and oxygen atoms in total. The number of aromatic nitrogens is 2. The van der Waals surface area contributed by atoms with E-state index in [1.165, 1.54) is 5.56 Å². The smallest absolute Gasteiger partial charge is 0.0923 e. The number of nitrogens with one attached hydrogen (secondary N) is 1. The van der Waals surface area contributed by atoms with Crippen LogP contribution in [0.4, 0.5) is 0 Å². The van der Waals surface area contributed by atoms with Crippen LogP contribution in [-0.2, 0) is 11.8 Å². The summed E-state index contributed by atoms with van der Waals surface area (Å²) in [5, 5.41) is 7.49. The van der Waals surface area contributed by atoms with Gasteiger partial charge in [0.1, 0.15) is 0 Å². The lowest BCUT2D eigenvalue weighted by molar-refractivity contribution is 0.567. The summed E-state index contributed by atoms with van der Waals surface area (Å²) in [6.07, 6.45) is 0.925. The van der Waals surface area contributed by atoms with Gasteiger partial charge in [-0.1, -0.05) is 45.0 Å². The normalized spacial score (nSPS) is 11.8. The Balaban J connectivity index is 2.23. The average Bonchev–Trinajstić information content (AvgIpc) is 2.79. The topological polar surface area (TPSA) is 54.7 Å². The largest absolute Gasteiger partial charge is 0.330 e. The van der Waals surface area contributed by atoms with E-state index in [4.69, 9.17) is 5.73 Å². The second-order valence-electron chi connectivity index (χ2n) is 5.65. The molecule has 2 aromatic rings. The Kier molecular flexibility index (Phi) is 3.53. The molecular weight excluding hydrogens is 222 g/mol. The summed E-state index contributed by atoms with van der Waals surface area (Å²) in [7, 11) is 0. The highest BCUT2D eigenvalue weighted by atomic mass is 15.1. The molecule has 1 aromatic heterocycles. The Morgan fingerprint density at radius 2 is 1.83 bits per heavy atom. The highest BCUT2D eigenvalue weighted by Gasteiger charge is 2.16. The molecule has 0 aliphatic rings. The van der Waals surface area contributed by atoms with Gasteiger partial charge in [0.15, 0.2) is 0 Å². The van der Waals surface area contributed by atoms with Crippen molar-refractivity contribution in [3.05, 3.63) is 41.6 Å². The van der Waals surface area contributed by atoms with E-state index in [-0.39, 0.29) is 5.41 Å². The van der Waals surface area contributed by atoms with Gasteiger partial charge < -0.3 is 5.73 Å². The summed E-state index contributed by atoms with van der Waals surface area (Å²) >= 11 is 0. The molecule has 2 rings (SSSR count). The van der Waals surface area contributed by atoms with Crippen molar-refractivity contribution >= 4 is 0 Å². The van der Waals surface area contributed by atoms with Crippen molar-refractivity contribution in [2.45, 2.75) is 32.6 Å². The fraction of sp³-hybridized carbons (Fsp3) is 0.400. The van der Waals surface area contributed by atoms with E-state index in [2.05, 4.69) is 61.3 Å². The molecule has 18 heavy (non-hydrogen) atoms. The maximum Gasteiger partial charge on any atom is 0.0923 e. The number of hydrogen-bond donors (Lipinski definition) is 2. The zero-order valence-electron chi connectivity index (χ0n) is 11.3. The van der Waals surface area contributed by atoms with Crippen LogP contribution in [-0.4, -0.2) is 16.7 Å². The molecule has 0 fully saturated rings. The van der Waals surface area contributed by atoms with Gasteiger partial charge >= 0.3 is 0 Å². The first-order valence-electron chi connectivity index (χ1n) is 6.36. The molecule has 3 N–H and O–H groups in total. The molecule has 0 spiro atoms. The summed E-state index contributed by atoms with van der Waals surface area (Å²) < 4.78 is 0. The summed E-state index contributed by atoms with van der Waals surface area (Å²) in [6, 6.07) is 10.6. The number of nitrogens with zero attached hydrogens (tertiary/aromatic N) is 1. The number of hydrogen-bond acceptors (Lipinski definition) is 2. The van der Waals surface area contributed by atoms with Gasteiger partial charge in [0.05, 0.1) is 5.69 Å². The van der Waals surface area contributed by atoms with Crippen molar-refractivity contribution in [3.8, 4) is 11.3 Å². The maximum atomic E-state index is 5.54. The summed E-state index contributed by atoms with van der Waals surface area (Å²) in [6.45, 7) is 7.22. The van der Waals surface area contributed by atoms with Crippen LogP contribution in [0.5, 0.6) is 0 Å². The lowest BCUT2D eigenvalue weighted by Crippen LogP contribution is -2.11. The molecule has 96 valence electrons. The first kappa shape index (κ1) is 12.8. The first-order valence-corrected chi connectivity index (χ1v) is 6.36. The average molecular weight is 243 g/mol. The minimum Gasteiger partial charge on any atom is -0.330 e. The van der Waals surface area contributed by atoms with Crippen LogP contribution in [0.25, 0.3) is 11.3 Å². The predicted molar refractivity (Wildman–Crippen MR) is 75.5 cm³/mol. The van der Waals surface area contributed by atoms with Crippen LogP contribution in [0.15, 0.2) is 30.3 Å². The summed E-state index contributed by atoms with van der Waals surface area (Å²) in [5.74, 6) is 0. The second-order valence-corrected chi connectivity index (χ2v) is 5.65. The minimum absolute atomic E-state index is 0.102. The van der Waals surface area contributed by atoms with E-state index < -0.39 is 0 Å². The van der Waals surface area contributed by atoms with Gasteiger partial charge in [0, 0.05) is 16.7 Å². The number of H-pyrrole nitrogens is 1. The summed E-state index contributed by atoms with van der Waals surface area (Å²) in [5.41, 5.74) is 10.2. The number of benzene rings is 1. The lowest BCUT2D eigenvalue weighted by Gasteiger charge is -2.14. The first-order chi connectivity index (χ1) is 8.50. The van der Waals surface area contributed by atoms with E-state index in [9.17, 15) is 0 Å². The van der Waals surface area contributed by atoms with Crippen LogP contribution >= 0.6 is 0 Å². The third kappa shape index (κ3) is 2.79. The van der Waals surface area contributed by atoms with E-state index in [1.807, 2.05) is 0 Å². The highest BCUT2D eigenvalue weighted by Crippen LogP contribution is 2.25. The predicted octanol–water partition coefficient (Wildman–Crippen LogP) is 2.88. The molecule has 0 aliphatic heterocycles.